The van der Waals surface area contributed by atoms with Crippen LogP contribution in [0.1, 0.15) is 18.9 Å². The molecule has 0 fully saturated rings. The van der Waals surface area contributed by atoms with Crippen molar-refractivity contribution in [3.63, 3.8) is 0 Å². The first-order valence-corrected chi connectivity index (χ1v) is 5.92. The van der Waals surface area contributed by atoms with Gasteiger partial charge in [-0.25, -0.2) is 0 Å². The Kier molecular flexibility index (Phi) is 4.96. The second-order valence-electron chi connectivity index (χ2n) is 3.85. The third-order valence-corrected chi connectivity index (χ3v) is 2.67. The second-order valence-corrected chi connectivity index (χ2v) is 4.77. The lowest BCUT2D eigenvalue weighted by atomic mass is 10.0. The van der Waals surface area contributed by atoms with E-state index in [1.165, 1.54) is 0 Å². The van der Waals surface area contributed by atoms with Crippen LogP contribution in [-0.4, -0.2) is 18.9 Å². The molecular formula is C12H16BrNO2. The van der Waals surface area contributed by atoms with Crippen LogP contribution >= 0.6 is 15.9 Å². The minimum atomic E-state index is -0.0920. The summed E-state index contributed by atoms with van der Waals surface area (Å²) in [6, 6.07) is 5.54. The zero-order valence-corrected chi connectivity index (χ0v) is 11.1. The minimum absolute atomic E-state index is 0.0920. The quantitative estimate of drug-likeness (QED) is 0.903. The Labute approximate surface area is 104 Å². The molecule has 1 atom stereocenters. The molecule has 0 radical (unpaired) electrons. The number of Topliss-reactive ketones (excluding diaryl/α,β-unsaturated/α-hetero) is 1. The van der Waals surface area contributed by atoms with E-state index < -0.39 is 0 Å². The molecule has 0 amide bonds. The lowest BCUT2D eigenvalue weighted by molar-refractivity contribution is -0.118. The van der Waals surface area contributed by atoms with E-state index in [4.69, 9.17) is 10.5 Å². The number of ketones is 1. The molecule has 4 heteroatoms. The number of nitrogens with two attached hydrogens (primary N) is 1. The lowest BCUT2D eigenvalue weighted by Crippen LogP contribution is -2.20. The third kappa shape index (κ3) is 3.94. The van der Waals surface area contributed by atoms with E-state index in [2.05, 4.69) is 15.9 Å². The van der Waals surface area contributed by atoms with Crippen LogP contribution in [0.25, 0.3) is 0 Å². The largest absolute Gasteiger partial charge is 0.496 e. The van der Waals surface area contributed by atoms with Gasteiger partial charge in [-0.15, -0.1) is 0 Å². The highest BCUT2D eigenvalue weighted by molar-refractivity contribution is 9.10. The molecule has 1 aromatic carbocycles. The van der Waals surface area contributed by atoms with Crippen molar-refractivity contribution >= 4 is 21.7 Å². The molecule has 0 aliphatic carbocycles. The van der Waals surface area contributed by atoms with Gasteiger partial charge in [-0.2, -0.15) is 0 Å². The maximum Gasteiger partial charge on any atom is 0.138 e. The molecule has 0 spiro atoms. The Bertz CT molecular complexity index is 377. The van der Waals surface area contributed by atoms with Crippen molar-refractivity contribution in [2.75, 3.05) is 7.11 Å². The average Bonchev–Trinajstić information content (AvgIpc) is 2.16. The molecule has 16 heavy (non-hydrogen) atoms. The Balaban J connectivity index is 2.79. The van der Waals surface area contributed by atoms with Gasteiger partial charge in [0.05, 0.1) is 7.11 Å². The van der Waals surface area contributed by atoms with E-state index in [1.54, 1.807) is 7.11 Å². The fourth-order valence-electron chi connectivity index (χ4n) is 1.53. The van der Waals surface area contributed by atoms with Crippen LogP contribution in [0.5, 0.6) is 5.75 Å². The van der Waals surface area contributed by atoms with Gasteiger partial charge in [-0.1, -0.05) is 15.9 Å². The van der Waals surface area contributed by atoms with Gasteiger partial charge in [0.1, 0.15) is 11.5 Å². The summed E-state index contributed by atoms with van der Waals surface area (Å²) in [6.07, 6.45) is 0.764. The maximum absolute atomic E-state index is 11.7. The molecule has 0 aliphatic rings. The van der Waals surface area contributed by atoms with Crippen molar-refractivity contribution < 1.29 is 9.53 Å². The smallest absolute Gasteiger partial charge is 0.138 e. The number of carbonyl (C=O) groups is 1. The van der Waals surface area contributed by atoms with Gasteiger partial charge < -0.3 is 10.5 Å². The molecule has 2 N–H and O–H groups in total. The first-order chi connectivity index (χ1) is 7.52. The molecule has 88 valence electrons. The SMILES string of the molecule is COc1ccc(Br)cc1CC(=O)CC(C)N. The summed E-state index contributed by atoms with van der Waals surface area (Å²) in [5, 5.41) is 0. The highest BCUT2D eigenvalue weighted by Gasteiger charge is 2.10. The van der Waals surface area contributed by atoms with Gasteiger partial charge in [0, 0.05) is 28.9 Å². The normalized spacial score (nSPS) is 12.2. The van der Waals surface area contributed by atoms with Crippen molar-refractivity contribution in [3.8, 4) is 5.75 Å². The highest BCUT2D eigenvalue weighted by atomic mass is 79.9. The predicted molar refractivity (Wildman–Crippen MR) is 67.7 cm³/mol. The number of carbonyl (C=O) groups excluding carboxylic acids is 1. The van der Waals surface area contributed by atoms with Gasteiger partial charge in [0.25, 0.3) is 0 Å². The maximum atomic E-state index is 11.7. The van der Waals surface area contributed by atoms with Crippen LogP contribution in [0, 0.1) is 0 Å². The van der Waals surface area contributed by atoms with Crippen LogP contribution in [0.3, 0.4) is 0 Å². The Morgan fingerprint density at radius 3 is 2.81 bits per heavy atom. The average molecular weight is 286 g/mol. The molecule has 0 saturated carbocycles. The summed E-state index contributed by atoms with van der Waals surface area (Å²) in [7, 11) is 1.60. The molecule has 0 heterocycles. The Morgan fingerprint density at radius 1 is 1.56 bits per heavy atom. The number of benzene rings is 1. The fourth-order valence-corrected chi connectivity index (χ4v) is 1.94. The number of halogens is 1. The molecule has 1 unspecified atom stereocenters. The summed E-state index contributed by atoms with van der Waals surface area (Å²) in [5.41, 5.74) is 6.48. The van der Waals surface area contributed by atoms with E-state index in [9.17, 15) is 4.79 Å². The van der Waals surface area contributed by atoms with Gasteiger partial charge in [0.15, 0.2) is 0 Å². The van der Waals surface area contributed by atoms with E-state index in [1.807, 2.05) is 25.1 Å². The molecular weight excluding hydrogens is 270 g/mol. The van der Waals surface area contributed by atoms with Crippen molar-refractivity contribution in [2.24, 2.45) is 5.73 Å². The van der Waals surface area contributed by atoms with E-state index in [-0.39, 0.29) is 11.8 Å². The second kappa shape index (κ2) is 6.01. The Morgan fingerprint density at radius 2 is 2.25 bits per heavy atom. The molecule has 0 saturated heterocycles. The van der Waals surface area contributed by atoms with Crippen LogP contribution < -0.4 is 10.5 Å². The van der Waals surface area contributed by atoms with Crippen LogP contribution in [0.4, 0.5) is 0 Å². The summed E-state index contributed by atoms with van der Waals surface area (Å²) in [6.45, 7) is 1.83. The van der Waals surface area contributed by atoms with Crippen LogP contribution in [-0.2, 0) is 11.2 Å². The van der Waals surface area contributed by atoms with Gasteiger partial charge in [-0.3, -0.25) is 4.79 Å². The summed E-state index contributed by atoms with van der Waals surface area (Å²) >= 11 is 3.37. The zero-order chi connectivity index (χ0) is 12.1. The van der Waals surface area contributed by atoms with Gasteiger partial charge in [0.2, 0.25) is 0 Å². The molecule has 0 aromatic heterocycles. The number of hydrogen-bond donors (Lipinski definition) is 1. The third-order valence-electron chi connectivity index (χ3n) is 2.18. The first-order valence-electron chi connectivity index (χ1n) is 5.12. The number of methoxy groups -OCH3 is 1. The summed E-state index contributed by atoms with van der Waals surface area (Å²) in [5.74, 6) is 0.868. The minimum Gasteiger partial charge on any atom is -0.496 e. The zero-order valence-electron chi connectivity index (χ0n) is 9.50. The van der Waals surface area contributed by atoms with E-state index >= 15 is 0 Å². The number of hydrogen-bond acceptors (Lipinski definition) is 3. The topological polar surface area (TPSA) is 52.3 Å². The van der Waals surface area contributed by atoms with Crippen molar-refractivity contribution in [1.82, 2.24) is 0 Å². The molecule has 3 nitrogen and oxygen atoms in total. The Hall–Kier alpha value is -0.870. The lowest BCUT2D eigenvalue weighted by Gasteiger charge is -2.09. The van der Waals surface area contributed by atoms with Crippen LogP contribution in [0.2, 0.25) is 0 Å². The highest BCUT2D eigenvalue weighted by Crippen LogP contribution is 2.23. The van der Waals surface area contributed by atoms with Crippen molar-refractivity contribution in [1.29, 1.82) is 0 Å². The van der Waals surface area contributed by atoms with Crippen molar-refractivity contribution in [2.45, 2.75) is 25.8 Å². The molecule has 0 bridgehead atoms. The monoisotopic (exact) mass is 285 g/mol. The van der Waals surface area contributed by atoms with Gasteiger partial charge >= 0.3 is 0 Å². The molecule has 0 aliphatic heterocycles. The number of rotatable bonds is 5. The van der Waals surface area contributed by atoms with E-state index in [0.717, 1.165) is 15.8 Å². The first kappa shape index (κ1) is 13.2. The van der Waals surface area contributed by atoms with Crippen LogP contribution in [0.15, 0.2) is 22.7 Å². The summed E-state index contributed by atoms with van der Waals surface area (Å²) < 4.78 is 6.14. The predicted octanol–water partition coefficient (Wildman–Crippen LogP) is 2.31. The fraction of sp³-hybridized carbons (Fsp3) is 0.417. The van der Waals surface area contributed by atoms with Gasteiger partial charge in [-0.05, 0) is 25.1 Å². The van der Waals surface area contributed by atoms with E-state index in [0.29, 0.717) is 12.8 Å². The standard InChI is InChI=1S/C12H16BrNO2/c1-8(14)5-11(15)7-9-6-10(13)3-4-12(9)16-2/h3-4,6,8H,5,7,14H2,1-2H3. The number of ether oxygens (including phenoxy) is 1. The molecule has 1 aromatic rings. The molecule has 1 rings (SSSR count). The summed E-state index contributed by atoms with van der Waals surface area (Å²) in [4.78, 5) is 11.7. The van der Waals surface area contributed by atoms with Crippen molar-refractivity contribution in [3.05, 3.63) is 28.2 Å².